The van der Waals surface area contributed by atoms with Crippen molar-refractivity contribution in [2.45, 2.75) is 56.8 Å². The highest BCUT2D eigenvalue weighted by molar-refractivity contribution is 5.20. The SMILES string of the molecule is COc1cc(CN2C3CCCC2CC(N)C3)ccn1. The lowest BCUT2D eigenvalue weighted by molar-refractivity contribution is 0.0244. The monoisotopic (exact) mass is 261 g/mol. The largest absolute Gasteiger partial charge is 0.481 e. The zero-order valence-corrected chi connectivity index (χ0v) is 11.6. The lowest BCUT2D eigenvalue weighted by Gasteiger charge is -2.48. The number of hydrogen-bond donors (Lipinski definition) is 1. The van der Waals surface area contributed by atoms with Crippen molar-refractivity contribution >= 4 is 0 Å². The third-order valence-corrected chi connectivity index (χ3v) is 4.54. The van der Waals surface area contributed by atoms with E-state index in [1.165, 1.54) is 24.8 Å². The third kappa shape index (κ3) is 2.74. The summed E-state index contributed by atoms with van der Waals surface area (Å²) in [7, 11) is 1.67. The average Bonchev–Trinajstić information content (AvgIpc) is 2.40. The van der Waals surface area contributed by atoms with Gasteiger partial charge in [0.2, 0.25) is 5.88 Å². The van der Waals surface area contributed by atoms with Gasteiger partial charge in [-0.2, -0.15) is 0 Å². The first-order valence-electron chi connectivity index (χ1n) is 7.26. The molecule has 0 aromatic carbocycles. The minimum absolute atomic E-state index is 0.401. The molecule has 2 saturated heterocycles. The molecule has 3 rings (SSSR count). The molecule has 1 aromatic heterocycles. The van der Waals surface area contributed by atoms with Gasteiger partial charge in [0.05, 0.1) is 7.11 Å². The first kappa shape index (κ1) is 12.9. The van der Waals surface area contributed by atoms with E-state index in [-0.39, 0.29) is 0 Å². The van der Waals surface area contributed by atoms with Crippen LogP contribution in [-0.4, -0.2) is 35.1 Å². The van der Waals surface area contributed by atoms with Crippen molar-refractivity contribution in [2.24, 2.45) is 5.73 Å². The van der Waals surface area contributed by atoms with E-state index in [0.717, 1.165) is 19.4 Å². The summed E-state index contributed by atoms with van der Waals surface area (Å²) in [5.74, 6) is 0.705. The molecule has 104 valence electrons. The number of ether oxygens (including phenoxy) is 1. The summed E-state index contributed by atoms with van der Waals surface area (Å²) in [4.78, 5) is 6.83. The van der Waals surface area contributed by atoms with Crippen molar-refractivity contribution in [2.75, 3.05) is 7.11 Å². The van der Waals surface area contributed by atoms with Gasteiger partial charge in [-0.05, 0) is 37.3 Å². The number of piperidine rings is 2. The van der Waals surface area contributed by atoms with Crippen LogP contribution in [0, 0.1) is 0 Å². The molecule has 2 atom stereocenters. The predicted molar refractivity (Wildman–Crippen MR) is 75.0 cm³/mol. The molecule has 2 N–H and O–H groups in total. The Morgan fingerprint density at radius 2 is 2.11 bits per heavy atom. The van der Waals surface area contributed by atoms with Crippen molar-refractivity contribution in [3.05, 3.63) is 23.9 Å². The normalized spacial score (nSPS) is 31.2. The van der Waals surface area contributed by atoms with Crippen LogP contribution in [0.2, 0.25) is 0 Å². The molecular formula is C15H23N3O. The summed E-state index contributed by atoms with van der Waals surface area (Å²) in [5, 5.41) is 0. The fourth-order valence-corrected chi connectivity index (χ4v) is 3.65. The average molecular weight is 261 g/mol. The van der Waals surface area contributed by atoms with Gasteiger partial charge in [-0.25, -0.2) is 4.98 Å². The van der Waals surface area contributed by atoms with E-state index >= 15 is 0 Å². The summed E-state index contributed by atoms with van der Waals surface area (Å²) in [6.07, 6.45) is 8.09. The molecule has 2 aliphatic heterocycles. The molecule has 0 spiro atoms. The Balaban J connectivity index is 1.74. The number of methoxy groups -OCH3 is 1. The van der Waals surface area contributed by atoms with Crippen molar-refractivity contribution in [3.8, 4) is 5.88 Å². The van der Waals surface area contributed by atoms with Gasteiger partial charge < -0.3 is 10.5 Å². The summed E-state index contributed by atoms with van der Waals surface area (Å²) in [6.45, 7) is 1.00. The van der Waals surface area contributed by atoms with Gasteiger partial charge in [-0.1, -0.05) is 6.42 Å². The van der Waals surface area contributed by atoms with Gasteiger partial charge in [0.15, 0.2) is 0 Å². The molecule has 3 heterocycles. The second-order valence-electron chi connectivity index (χ2n) is 5.85. The maximum atomic E-state index is 6.17. The quantitative estimate of drug-likeness (QED) is 0.903. The molecule has 19 heavy (non-hydrogen) atoms. The van der Waals surface area contributed by atoms with Gasteiger partial charge >= 0.3 is 0 Å². The molecule has 0 aliphatic carbocycles. The van der Waals surface area contributed by atoms with Crippen LogP contribution in [-0.2, 0) is 6.54 Å². The van der Waals surface area contributed by atoms with Crippen LogP contribution >= 0.6 is 0 Å². The third-order valence-electron chi connectivity index (χ3n) is 4.54. The first-order valence-corrected chi connectivity index (χ1v) is 7.26. The molecule has 0 amide bonds. The van der Waals surface area contributed by atoms with Crippen LogP contribution in [0.25, 0.3) is 0 Å². The summed E-state index contributed by atoms with van der Waals surface area (Å²) >= 11 is 0. The van der Waals surface area contributed by atoms with E-state index in [2.05, 4.69) is 16.0 Å². The molecule has 2 bridgehead atoms. The smallest absolute Gasteiger partial charge is 0.213 e. The maximum Gasteiger partial charge on any atom is 0.213 e. The van der Waals surface area contributed by atoms with Crippen LogP contribution in [0.15, 0.2) is 18.3 Å². The molecule has 2 unspecified atom stereocenters. The highest BCUT2D eigenvalue weighted by atomic mass is 16.5. The number of hydrogen-bond acceptors (Lipinski definition) is 4. The molecule has 4 heteroatoms. The van der Waals surface area contributed by atoms with E-state index in [4.69, 9.17) is 10.5 Å². The Kier molecular flexibility index (Phi) is 3.71. The topological polar surface area (TPSA) is 51.4 Å². The van der Waals surface area contributed by atoms with Gasteiger partial charge in [0, 0.05) is 36.9 Å². The standard InChI is InChI=1S/C15H23N3O/c1-19-15-7-11(5-6-17-15)10-18-13-3-2-4-14(18)9-12(16)8-13/h5-7,12-14H,2-4,8-10,16H2,1H3. The minimum atomic E-state index is 0.401. The van der Waals surface area contributed by atoms with Gasteiger partial charge in [-0.15, -0.1) is 0 Å². The fourth-order valence-electron chi connectivity index (χ4n) is 3.65. The van der Waals surface area contributed by atoms with Crippen LogP contribution in [0.1, 0.15) is 37.7 Å². The molecule has 4 nitrogen and oxygen atoms in total. The lowest BCUT2D eigenvalue weighted by Crippen LogP contribution is -2.54. The molecule has 0 saturated carbocycles. The summed E-state index contributed by atoms with van der Waals surface area (Å²) in [5.41, 5.74) is 7.46. The Hall–Kier alpha value is -1.13. The fraction of sp³-hybridized carbons (Fsp3) is 0.667. The summed E-state index contributed by atoms with van der Waals surface area (Å²) < 4.78 is 5.21. The number of pyridine rings is 1. The van der Waals surface area contributed by atoms with E-state index in [0.29, 0.717) is 24.0 Å². The van der Waals surface area contributed by atoms with Crippen LogP contribution < -0.4 is 10.5 Å². The van der Waals surface area contributed by atoms with Crippen molar-refractivity contribution in [1.82, 2.24) is 9.88 Å². The highest BCUT2D eigenvalue weighted by Crippen LogP contribution is 2.34. The van der Waals surface area contributed by atoms with Crippen molar-refractivity contribution in [3.63, 3.8) is 0 Å². The number of rotatable bonds is 3. The second-order valence-corrected chi connectivity index (χ2v) is 5.85. The Bertz CT molecular complexity index is 423. The van der Waals surface area contributed by atoms with E-state index in [9.17, 15) is 0 Å². The van der Waals surface area contributed by atoms with Crippen LogP contribution in [0.5, 0.6) is 5.88 Å². The van der Waals surface area contributed by atoms with Gasteiger partial charge in [0.1, 0.15) is 0 Å². The van der Waals surface area contributed by atoms with Crippen molar-refractivity contribution in [1.29, 1.82) is 0 Å². The highest BCUT2D eigenvalue weighted by Gasteiger charge is 2.36. The molecule has 2 aliphatic rings. The Labute approximate surface area is 115 Å². The van der Waals surface area contributed by atoms with Gasteiger partial charge in [-0.3, -0.25) is 4.90 Å². The lowest BCUT2D eigenvalue weighted by atomic mass is 9.82. The molecule has 1 aromatic rings. The summed E-state index contributed by atoms with van der Waals surface area (Å²) in [6, 6.07) is 5.87. The Morgan fingerprint density at radius 3 is 2.79 bits per heavy atom. The Morgan fingerprint density at radius 1 is 1.37 bits per heavy atom. The number of fused-ring (bicyclic) bond motifs is 2. The van der Waals surface area contributed by atoms with E-state index < -0.39 is 0 Å². The molecule has 0 radical (unpaired) electrons. The second kappa shape index (κ2) is 5.47. The minimum Gasteiger partial charge on any atom is -0.481 e. The number of aromatic nitrogens is 1. The van der Waals surface area contributed by atoms with Crippen molar-refractivity contribution < 1.29 is 4.74 Å². The number of nitrogens with zero attached hydrogens (tertiary/aromatic N) is 2. The molecular weight excluding hydrogens is 238 g/mol. The predicted octanol–water partition coefficient (Wildman–Crippen LogP) is 1.93. The van der Waals surface area contributed by atoms with E-state index in [1.54, 1.807) is 7.11 Å². The molecule has 2 fully saturated rings. The maximum absolute atomic E-state index is 6.17. The van der Waals surface area contributed by atoms with E-state index in [1.807, 2.05) is 12.3 Å². The first-order chi connectivity index (χ1) is 9.26. The zero-order chi connectivity index (χ0) is 13.2. The van der Waals surface area contributed by atoms with Crippen LogP contribution in [0.3, 0.4) is 0 Å². The number of nitrogens with two attached hydrogens (primary N) is 1. The van der Waals surface area contributed by atoms with Gasteiger partial charge in [0.25, 0.3) is 0 Å². The van der Waals surface area contributed by atoms with Crippen LogP contribution in [0.4, 0.5) is 0 Å². The zero-order valence-electron chi connectivity index (χ0n) is 11.6.